The maximum Gasteiger partial charge on any atom is 0.307 e. The Morgan fingerprint density at radius 1 is 1.19 bits per heavy atom. The molecule has 2 aromatic carbocycles. The van der Waals surface area contributed by atoms with E-state index in [1.165, 1.54) is 16.7 Å². The molecule has 0 unspecified atom stereocenters. The van der Waals surface area contributed by atoms with Gasteiger partial charge in [0.25, 0.3) is 0 Å². The van der Waals surface area contributed by atoms with Gasteiger partial charge in [-0.3, -0.25) is 9.69 Å². The Hall–Kier alpha value is -1.92. The van der Waals surface area contributed by atoms with Gasteiger partial charge in [0.15, 0.2) is 0 Å². The van der Waals surface area contributed by atoms with Gasteiger partial charge in [0.2, 0.25) is 0 Å². The molecule has 3 N–H and O–H groups in total. The zero-order valence-electron chi connectivity index (χ0n) is 17.8. The monoisotopic (exact) mass is 442 g/mol. The summed E-state index contributed by atoms with van der Waals surface area (Å²) in [6.45, 7) is 2.91. The third kappa shape index (κ3) is 5.86. The molecule has 1 heterocycles. The average molecular weight is 443 g/mol. The second kappa shape index (κ2) is 10.1. The lowest BCUT2D eigenvalue weighted by Gasteiger charge is -2.31. The van der Waals surface area contributed by atoms with Crippen LogP contribution in [0.5, 0.6) is 0 Å². The van der Waals surface area contributed by atoms with Crippen molar-refractivity contribution in [3.05, 3.63) is 69.7 Å². The number of halogens is 1. The van der Waals surface area contributed by atoms with E-state index in [1.54, 1.807) is 0 Å². The van der Waals surface area contributed by atoms with Gasteiger partial charge in [-0.15, -0.1) is 0 Å². The van der Waals surface area contributed by atoms with E-state index in [2.05, 4.69) is 28.4 Å². The van der Waals surface area contributed by atoms with Crippen LogP contribution in [0.4, 0.5) is 0 Å². The molecule has 4 rings (SSSR count). The first-order chi connectivity index (χ1) is 15.0. The van der Waals surface area contributed by atoms with Gasteiger partial charge in [-0.2, -0.15) is 0 Å². The number of benzene rings is 2. The number of aliphatic carboxylic acids is 1. The second-order valence-corrected chi connectivity index (χ2v) is 9.37. The minimum absolute atomic E-state index is 0.245. The number of hydrogen-bond acceptors (Lipinski definition) is 4. The van der Waals surface area contributed by atoms with Gasteiger partial charge < -0.3 is 15.5 Å². The molecule has 166 valence electrons. The van der Waals surface area contributed by atoms with E-state index < -0.39 is 12.1 Å². The van der Waals surface area contributed by atoms with Crippen molar-refractivity contribution in [1.82, 2.24) is 10.2 Å². The normalized spacial score (nSPS) is 22.6. The Kier molecular flexibility index (Phi) is 7.28. The number of nitrogens with zero attached hydrogens (tertiary/aromatic N) is 1. The number of aryl methyl sites for hydroxylation is 1. The molecule has 0 aromatic heterocycles. The molecule has 0 radical (unpaired) electrons. The number of piperidine rings is 1. The fourth-order valence-electron chi connectivity index (χ4n) is 4.85. The fourth-order valence-corrected chi connectivity index (χ4v) is 5.05. The Bertz CT molecular complexity index is 919. The number of carboxylic acid groups (broad SMARTS) is 1. The molecular weight excluding hydrogens is 412 g/mol. The number of likely N-dealkylation sites (tertiary alicyclic amines) is 1. The molecule has 1 aliphatic heterocycles. The van der Waals surface area contributed by atoms with Gasteiger partial charge in [0, 0.05) is 30.7 Å². The van der Waals surface area contributed by atoms with E-state index in [0.29, 0.717) is 24.2 Å². The van der Waals surface area contributed by atoms with Gasteiger partial charge >= 0.3 is 5.97 Å². The number of hydrogen-bond donors (Lipinski definition) is 3. The molecule has 5 nitrogen and oxygen atoms in total. The van der Waals surface area contributed by atoms with Crippen molar-refractivity contribution in [1.29, 1.82) is 0 Å². The second-order valence-electron chi connectivity index (χ2n) is 8.93. The Labute approximate surface area is 189 Å². The van der Waals surface area contributed by atoms with Crippen molar-refractivity contribution in [2.24, 2.45) is 5.92 Å². The molecule has 0 saturated carbocycles. The summed E-state index contributed by atoms with van der Waals surface area (Å²) in [7, 11) is 0. The van der Waals surface area contributed by atoms with Crippen LogP contribution in [0.3, 0.4) is 0 Å². The van der Waals surface area contributed by atoms with Crippen LogP contribution in [-0.2, 0) is 24.2 Å². The summed E-state index contributed by atoms with van der Waals surface area (Å²) in [5.41, 5.74) is 4.86. The lowest BCUT2D eigenvalue weighted by Crippen LogP contribution is -2.38. The minimum Gasteiger partial charge on any atom is -0.481 e. The van der Waals surface area contributed by atoms with Gasteiger partial charge in [0.05, 0.1) is 12.0 Å². The van der Waals surface area contributed by atoms with E-state index >= 15 is 0 Å². The van der Waals surface area contributed by atoms with Crippen LogP contribution in [-0.4, -0.2) is 46.8 Å². The van der Waals surface area contributed by atoms with Crippen LogP contribution < -0.4 is 5.32 Å². The molecule has 1 aliphatic carbocycles. The number of rotatable bonds is 7. The van der Waals surface area contributed by atoms with Crippen LogP contribution in [0, 0.1) is 5.92 Å². The zero-order valence-corrected chi connectivity index (χ0v) is 18.5. The third-order valence-electron chi connectivity index (χ3n) is 6.59. The predicted octanol–water partition coefficient (Wildman–Crippen LogP) is 3.82. The molecule has 0 spiro atoms. The van der Waals surface area contributed by atoms with Crippen molar-refractivity contribution >= 4 is 17.6 Å². The number of aliphatic hydroxyl groups is 1. The summed E-state index contributed by atoms with van der Waals surface area (Å²) in [4.78, 5) is 13.6. The van der Waals surface area contributed by atoms with Crippen molar-refractivity contribution in [2.45, 2.75) is 50.8 Å². The first-order valence-electron chi connectivity index (χ1n) is 11.2. The van der Waals surface area contributed by atoms with Crippen LogP contribution in [0.25, 0.3) is 0 Å². The Morgan fingerprint density at radius 3 is 2.87 bits per heavy atom. The predicted molar refractivity (Wildman–Crippen MR) is 122 cm³/mol. The SMILES string of the molecule is O=C(O)[C@@H]1CCCN(Cc2ccc3c(c2)C[C@@H](NC[C@H](O)c2cccc(Cl)c2)CC3)C1. The summed E-state index contributed by atoms with van der Waals surface area (Å²) in [6, 6.07) is 14.4. The van der Waals surface area contributed by atoms with Crippen LogP contribution in [0.1, 0.15) is 47.6 Å². The highest BCUT2D eigenvalue weighted by atomic mass is 35.5. The number of aliphatic hydroxyl groups excluding tert-OH is 1. The highest BCUT2D eigenvalue weighted by Gasteiger charge is 2.26. The van der Waals surface area contributed by atoms with E-state index in [9.17, 15) is 15.0 Å². The Balaban J connectivity index is 1.33. The number of carbonyl (C=O) groups is 1. The minimum atomic E-state index is -0.677. The largest absolute Gasteiger partial charge is 0.481 e. The van der Waals surface area contributed by atoms with Gasteiger partial charge in [-0.25, -0.2) is 0 Å². The molecule has 0 amide bonds. The summed E-state index contributed by atoms with van der Waals surface area (Å²) < 4.78 is 0. The summed E-state index contributed by atoms with van der Waals surface area (Å²) in [5, 5.41) is 24.0. The van der Waals surface area contributed by atoms with Crippen LogP contribution in [0.15, 0.2) is 42.5 Å². The molecule has 2 aliphatic rings. The van der Waals surface area contributed by atoms with E-state index in [4.69, 9.17) is 11.6 Å². The van der Waals surface area contributed by atoms with Gasteiger partial charge in [-0.1, -0.05) is 41.9 Å². The van der Waals surface area contributed by atoms with Crippen LogP contribution >= 0.6 is 11.6 Å². The molecule has 31 heavy (non-hydrogen) atoms. The Morgan fingerprint density at radius 2 is 2.06 bits per heavy atom. The quantitative estimate of drug-likeness (QED) is 0.608. The maximum absolute atomic E-state index is 11.3. The molecule has 1 saturated heterocycles. The first kappa shape index (κ1) is 22.3. The zero-order chi connectivity index (χ0) is 21.8. The van der Waals surface area contributed by atoms with Crippen molar-refractivity contribution in [3.63, 3.8) is 0 Å². The number of fused-ring (bicyclic) bond motifs is 1. The molecule has 3 atom stereocenters. The maximum atomic E-state index is 11.3. The molecule has 6 heteroatoms. The highest BCUT2D eigenvalue weighted by Crippen LogP contribution is 2.25. The van der Waals surface area contributed by atoms with Crippen molar-refractivity contribution < 1.29 is 15.0 Å². The molecule has 1 fully saturated rings. The smallest absolute Gasteiger partial charge is 0.307 e. The third-order valence-corrected chi connectivity index (χ3v) is 6.83. The summed E-state index contributed by atoms with van der Waals surface area (Å²) in [6.07, 6.45) is 4.19. The standard InChI is InChI=1S/C25H31ClN2O3/c26-22-5-1-3-19(12-22)24(29)14-27-23-9-8-18-7-6-17(11-21(18)13-23)15-28-10-2-4-20(16-28)25(30)31/h1,3,5-7,11-12,20,23-24,27,29H,2,4,8-10,13-16H2,(H,30,31)/t20-,23+,24+/m1/s1. The summed E-state index contributed by atoms with van der Waals surface area (Å²) in [5.74, 6) is -0.921. The number of nitrogens with one attached hydrogen (secondary N) is 1. The molecular formula is C25H31ClN2O3. The number of carboxylic acids is 1. The lowest BCUT2D eigenvalue weighted by atomic mass is 9.87. The van der Waals surface area contributed by atoms with E-state index in [0.717, 1.165) is 50.8 Å². The van der Waals surface area contributed by atoms with Crippen molar-refractivity contribution in [3.8, 4) is 0 Å². The van der Waals surface area contributed by atoms with Gasteiger partial charge in [0.1, 0.15) is 0 Å². The average Bonchev–Trinajstić information content (AvgIpc) is 2.77. The van der Waals surface area contributed by atoms with E-state index in [1.807, 2.05) is 24.3 Å². The lowest BCUT2D eigenvalue weighted by molar-refractivity contribution is -0.143. The van der Waals surface area contributed by atoms with Gasteiger partial charge in [-0.05, 0) is 73.0 Å². The molecule has 0 bridgehead atoms. The molecule has 2 aromatic rings. The summed E-state index contributed by atoms with van der Waals surface area (Å²) >= 11 is 6.04. The fraction of sp³-hybridized carbons (Fsp3) is 0.480. The van der Waals surface area contributed by atoms with E-state index in [-0.39, 0.29) is 5.92 Å². The first-order valence-corrected chi connectivity index (χ1v) is 11.6. The van der Waals surface area contributed by atoms with Crippen molar-refractivity contribution in [2.75, 3.05) is 19.6 Å². The topological polar surface area (TPSA) is 72.8 Å². The highest BCUT2D eigenvalue weighted by molar-refractivity contribution is 6.30. The van der Waals surface area contributed by atoms with Crippen LogP contribution in [0.2, 0.25) is 5.02 Å².